The molecule has 0 unspecified atom stereocenters. The number of para-hydroxylation sites is 1. The number of hydrogen-bond donors (Lipinski definition) is 0. The summed E-state index contributed by atoms with van der Waals surface area (Å²) in [5.74, 6) is 0.662. The van der Waals surface area contributed by atoms with Crippen LogP contribution in [0.15, 0.2) is 158 Å². The smallest absolute Gasteiger partial charge is 0.163 e. The van der Waals surface area contributed by atoms with E-state index in [-0.39, 0.29) is 0 Å². The summed E-state index contributed by atoms with van der Waals surface area (Å²) >= 11 is 1.89. The molecule has 4 nitrogen and oxygen atoms in total. The molecule has 0 spiro atoms. The Morgan fingerprint density at radius 3 is 2.06 bits per heavy atom. The fraction of sp³-hybridized carbons (Fsp3) is 0.0426. The Hall–Kier alpha value is -6.43. The van der Waals surface area contributed by atoms with Gasteiger partial charge in [0.2, 0.25) is 0 Å². The topological polar surface area (TPSA) is 43.6 Å². The van der Waals surface area contributed by atoms with E-state index < -0.39 is 0 Å². The predicted octanol–water partition coefficient (Wildman–Crippen LogP) is 12.7. The van der Waals surface area contributed by atoms with E-state index in [2.05, 4.69) is 155 Å². The minimum atomic E-state index is 0.662. The Morgan fingerprint density at radius 2 is 1.25 bits per heavy atom. The zero-order valence-corrected chi connectivity index (χ0v) is 28.9. The lowest BCUT2D eigenvalue weighted by Crippen LogP contribution is -1.98. The summed E-state index contributed by atoms with van der Waals surface area (Å²) < 4.78 is 5.06. The van der Waals surface area contributed by atoms with E-state index in [4.69, 9.17) is 9.97 Å². The Bertz CT molecular complexity index is 3110. The maximum Gasteiger partial charge on any atom is 0.163 e. The van der Waals surface area contributed by atoms with Crippen molar-refractivity contribution in [1.29, 1.82) is 0 Å². The lowest BCUT2D eigenvalue weighted by molar-refractivity contribution is 1.04. The van der Waals surface area contributed by atoms with Crippen LogP contribution in [0.5, 0.6) is 0 Å². The number of thiophene rings is 1. The van der Waals surface area contributed by atoms with E-state index in [1.807, 2.05) is 17.4 Å². The van der Waals surface area contributed by atoms with Crippen LogP contribution in [0.4, 0.5) is 0 Å². The standard InChI is InChI=1S/C47H30N4S/c1-2-11-29(12-3-1)30-20-22-31(23-21-30)43-38-17-10-28-48-47(38)50-46(49-43)32-24-26-33(27-25-32)51-39-18-8-6-15-36(39)41-34-13-4-5-14-35(34)42-37-16-7-9-19-40(37)52-45(42)44(41)51/h2,4-28H,1,3H2. The van der Waals surface area contributed by atoms with Crippen molar-refractivity contribution >= 4 is 80.7 Å². The van der Waals surface area contributed by atoms with Gasteiger partial charge in [0, 0.05) is 54.6 Å². The van der Waals surface area contributed by atoms with Crippen LogP contribution in [0.2, 0.25) is 0 Å². The predicted molar refractivity (Wildman–Crippen MR) is 219 cm³/mol. The second-order valence-corrected chi connectivity index (χ2v) is 14.5. The summed E-state index contributed by atoms with van der Waals surface area (Å²) in [4.78, 5) is 14.8. The second-order valence-electron chi connectivity index (χ2n) is 13.5. The number of allylic oxidation sites excluding steroid dienone is 4. The zero-order chi connectivity index (χ0) is 34.2. The Morgan fingerprint density at radius 1 is 0.558 bits per heavy atom. The van der Waals surface area contributed by atoms with Gasteiger partial charge in [-0.2, -0.15) is 0 Å². The number of nitrogens with zero attached hydrogens (tertiary/aromatic N) is 4. The summed E-state index contributed by atoms with van der Waals surface area (Å²) in [7, 11) is 0. The van der Waals surface area contributed by atoms with Gasteiger partial charge in [-0.1, -0.05) is 103 Å². The first-order chi connectivity index (χ1) is 25.8. The molecule has 0 fully saturated rings. The number of rotatable bonds is 4. The molecule has 52 heavy (non-hydrogen) atoms. The molecule has 1 aliphatic carbocycles. The first-order valence-electron chi connectivity index (χ1n) is 17.8. The minimum absolute atomic E-state index is 0.662. The molecule has 5 heteroatoms. The molecule has 0 bridgehead atoms. The van der Waals surface area contributed by atoms with Gasteiger partial charge in [-0.05, 0) is 83.3 Å². The Labute approximate surface area is 303 Å². The minimum Gasteiger partial charge on any atom is -0.308 e. The van der Waals surface area contributed by atoms with Gasteiger partial charge in [0.1, 0.15) is 0 Å². The third-order valence-electron chi connectivity index (χ3n) is 10.5. The number of pyridine rings is 1. The molecule has 10 aromatic rings. The van der Waals surface area contributed by atoms with E-state index in [0.29, 0.717) is 11.5 Å². The van der Waals surface area contributed by atoms with Crippen LogP contribution in [-0.4, -0.2) is 19.5 Å². The number of aromatic nitrogens is 4. The van der Waals surface area contributed by atoms with Gasteiger partial charge in [-0.15, -0.1) is 11.3 Å². The van der Waals surface area contributed by atoms with E-state index in [0.717, 1.165) is 40.7 Å². The lowest BCUT2D eigenvalue weighted by atomic mass is 9.97. The van der Waals surface area contributed by atoms with Crippen molar-refractivity contribution in [1.82, 2.24) is 19.5 Å². The molecule has 0 atom stereocenters. The molecule has 11 rings (SSSR count). The SMILES string of the molecule is C1=CC(c2ccc(-c3nc(-c4ccc(-n5c6ccccc6c6c7ccccc7c7c8ccccc8sc7c65)cc4)nc4ncccc34)cc2)=CCC1. The average Bonchev–Trinajstić information content (AvgIpc) is 3.78. The van der Waals surface area contributed by atoms with Crippen LogP contribution in [0, 0.1) is 0 Å². The van der Waals surface area contributed by atoms with Crippen LogP contribution in [0.3, 0.4) is 0 Å². The fourth-order valence-corrected chi connectivity index (χ4v) is 9.37. The van der Waals surface area contributed by atoms with Crippen molar-refractivity contribution < 1.29 is 0 Å². The number of fused-ring (bicyclic) bond motifs is 11. The van der Waals surface area contributed by atoms with E-state index in [1.165, 1.54) is 63.9 Å². The summed E-state index contributed by atoms with van der Waals surface area (Å²) in [5.41, 5.74) is 9.61. The van der Waals surface area contributed by atoms with Crippen LogP contribution in [0.25, 0.3) is 97.7 Å². The molecule has 4 heterocycles. The van der Waals surface area contributed by atoms with Crippen LogP contribution in [0.1, 0.15) is 18.4 Å². The third-order valence-corrected chi connectivity index (χ3v) is 11.7. The van der Waals surface area contributed by atoms with Crippen molar-refractivity contribution in [2.45, 2.75) is 12.8 Å². The molecular weight excluding hydrogens is 653 g/mol. The largest absolute Gasteiger partial charge is 0.308 e. The molecule has 0 saturated heterocycles. The van der Waals surface area contributed by atoms with Gasteiger partial charge < -0.3 is 4.57 Å². The summed E-state index contributed by atoms with van der Waals surface area (Å²) in [6.45, 7) is 0. The van der Waals surface area contributed by atoms with Gasteiger partial charge in [0.05, 0.1) is 21.4 Å². The normalized spacial score (nSPS) is 13.3. The van der Waals surface area contributed by atoms with Crippen molar-refractivity contribution in [2.75, 3.05) is 0 Å². The van der Waals surface area contributed by atoms with Crippen molar-refractivity contribution in [3.63, 3.8) is 0 Å². The first kappa shape index (κ1) is 29.3. The van der Waals surface area contributed by atoms with E-state index >= 15 is 0 Å². The summed E-state index contributed by atoms with van der Waals surface area (Å²) in [6, 6.07) is 48.0. The highest BCUT2D eigenvalue weighted by Crippen LogP contribution is 2.47. The maximum atomic E-state index is 5.19. The van der Waals surface area contributed by atoms with Gasteiger partial charge >= 0.3 is 0 Å². The Balaban J connectivity index is 1.09. The summed E-state index contributed by atoms with van der Waals surface area (Å²) in [6.07, 6.45) is 10.8. The Kier molecular flexibility index (Phi) is 6.51. The third kappa shape index (κ3) is 4.43. The molecule has 0 saturated carbocycles. The monoisotopic (exact) mass is 682 g/mol. The average molecular weight is 683 g/mol. The van der Waals surface area contributed by atoms with Gasteiger partial charge in [0.15, 0.2) is 11.5 Å². The molecular formula is C47H30N4S. The molecule has 4 aromatic heterocycles. The molecule has 244 valence electrons. The van der Waals surface area contributed by atoms with Crippen LogP contribution < -0.4 is 0 Å². The number of hydrogen-bond acceptors (Lipinski definition) is 4. The van der Waals surface area contributed by atoms with Crippen molar-refractivity contribution in [2.24, 2.45) is 0 Å². The molecule has 6 aromatic carbocycles. The van der Waals surface area contributed by atoms with Gasteiger partial charge in [-0.25, -0.2) is 15.0 Å². The lowest BCUT2D eigenvalue weighted by Gasteiger charge is -2.12. The van der Waals surface area contributed by atoms with E-state index in [1.54, 1.807) is 6.20 Å². The fourth-order valence-electron chi connectivity index (χ4n) is 8.11. The van der Waals surface area contributed by atoms with Crippen molar-refractivity contribution in [3.05, 3.63) is 163 Å². The zero-order valence-electron chi connectivity index (χ0n) is 28.1. The van der Waals surface area contributed by atoms with E-state index in [9.17, 15) is 0 Å². The molecule has 1 aliphatic rings. The first-order valence-corrected chi connectivity index (χ1v) is 18.6. The summed E-state index contributed by atoms with van der Waals surface area (Å²) in [5, 5.41) is 8.72. The van der Waals surface area contributed by atoms with Crippen LogP contribution in [-0.2, 0) is 0 Å². The van der Waals surface area contributed by atoms with Crippen LogP contribution >= 0.6 is 11.3 Å². The molecule has 0 N–H and O–H groups in total. The maximum absolute atomic E-state index is 5.19. The highest BCUT2D eigenvalue weighted by molar-refractivity contribution is 7.27. The number of benzene rings is 6. The molecule has 0 amide bonds. The highest BCUT2D eigenvalue weighted by Gasteiger charge is 2.22. The quantitative estimate of drug-likeness (QED) is 0.186. The van der Waals surface area contributed by atoms with Gasteiger partial charge in [0.25, 0.3) is 0 Å². The van der Waals surface area contributed by atoms with Crippen molar-refractivity contribution in [3.8, 4) is 28.3 Å². The highest BCUT2D eigenvalue weighted by atomic mass is 32.1. The second kappa shape index (κ2) is 11.6. The molecule has 0 radical (unpaired) electrons. The molecule has 0 aliphatic heterocycles. The van der Waals surface area contributed by atoms with Gasteiger partial charge in [-0.3, -0.25) is 0 Å².